The minimum absolute atomic E-state index is 0.104. The average Bonchev–Trinajstić information content (AvgIpc) is 2.57. The molecule has 1 aromatic carbocycles. The molecule has 0 spiro atoms. The zero-order chi connectivity index (χ0) is 18.8. The standard InChI is InChI=1S/C17H20FN3O4/c1-17(2,16(24)25)20(3)15(23)13-8-9-14(22)21(19-13)10-11-4-6-12(18)7-5-11/h4-7H,8-10H2,1-3H3,(H,24,25). The molecule has 0 saturated heterocycles. The van der Waals surface area contributed by atoms with Gasteiger partial charge in [0.25, 0.3) is 5.91 Å². The summed E-state index contributed by atoms with van der Waals surface area (Å²) in [5.74, 6) is -2.31. The molecular weight excluding hydrogens is 329 g/mol. The average molecular weight is 349 g/mol. The Hall–Kier alpha value is -2.77. The van der Waals surface area contributed by atoms with Crippen molar-refractivity contribution in [2.24, 2.45) is 5.10 Å². The number of hydrazone groups is 1. The number of amides is 2. The number of benzene rings is 1. The highest BCUT2D eigenvalue weighted by molar-refractivity contribution is 6.39. The van der Waals surface area contributed by atoms with Crippen LogP contribution >= 0.6 is 0 Å². The lowest BCUT2D eigenvalue weighted by Gasteiger charge is -2.33. The molecule has 2 rings (SSSR count). The molecule has 1 aliphatic heterocycles. The van der Waals surface area contributed by atoms with Crippen LogP contribution in [0.4, 0.5) is 4.39 Å². The van der Waals surface area contributed by atoms with Crippen molar-refractivity contribution in [1.82, 2.24) is 9.91 Å². The van der Waals surface area contributed by atoms with Crippen LogP contribution in [0, 0.1) is 5.82 Å². The lowest BCUT2D eigenvalue weighted by molar-refractivity contribution is -0.153. The molecule has 25 heavy (non-hydrogen) atoms. The molecule has 0 radical (unpaired) electrons. The summed E-state index contributed by atoms with van der Waals surface area (Å²) >= 11 is 0. The molecule has 7 nitrogen and oxygen atoms in total. The molecule has 1 heterocycles. The third kappa shape index (κ3) is 4.01. The lowest BCUT2D eigenvalue weighted by atomic mass is 10.0. The molecule has 1 aliphatic rings. The normalized spacial score (nSPS) is 15.0. The predicted molar refractivity (Wildman–Crippen MR) is 88.1 cm³/mol. The topological polar surface area (TPSA) is 90.3 Å². The minimum Gasteiger partial charge on any atom is -0.480 e. The van der Waals surface area contributed by atoms with Gasteiger partial charge in [-0.25, -0.2) is 14.2 Å². The monoisotopic (exact) mass is 349 g/mol. The van der Waals surface area contributed by atoms with Gasteiger partial charge in [0.2, 0.25) is 5.91 Å². The van der Waals surface area contributed by atoms with Crippen molar-refractivity contribution in [1.29, 1.82) is 0 Å². The first-order valence-corrected chi connectivity index (χ1v) is 7.76. The molecule has 1 aromatic rings. The first-order chi connectivity index (χ1) is 11.6. The Morgan fingerprint density at radius 1 is 1.28 bits per heavy atom. The maximum Gasteiger partial charge on any atom is 0.329 e. The molecule has 8 heteroatoms. The second-order valence-electron chi connectivity index (χ2n) is 6.35. The van der Waals surface area contributed by atoms with Gasteiger partial charge in [0.15, 0.2) is 0 Å². The SMILES string of the molecule is CN(C(=O)C1=NN(Cc2ccc(F)cc2)C(=O)CC1)C(C)(C)C(=O)O. The van der Waals surface area contributed by atoms with Crippen molar-refractivity contribution in [3.8, 4) is 0 Å². The van der Waals surface area contributed by atoms with Gasteiger partial charge in [0.1, 0.15) is 17.1 Å². The fourth-order valence-electron chi connectivity index (χ4n) is 2.23. The third-order valence-electron chi connectivity index (χ3n) is 4.26. The van der Waals surface area contributed by atoms with Crippen LogP contribution in [-0.4, -0.2) is 51.1 Å². The maximum atomic E-state index is 13.0. The van der Waals surface area contributed by atoms with Crippen LogP contribution in [0.15, 0.2) is 29.4 Å². The van der Waals surface area contributed by atoms with Gasteiger partial charge in [-0.2, -0.15) is 5.10 Å². The minimum atomic E-state index is -1.40. The summed E-state index contributed by atoms with van der Waals surface area (Å²) in [7, 11) is 1.39. The van der Waals surface area contributed by atoms with Crippen molar-refractivity contribution in [3.63, 3.8) is 0 Å². The van der Waals surface area contributed by atoms with Crippen LogP contribution in [0.3, 0.4) is 0 Å². The third-order valence-corrected chi connectivity index (χ3v) is 4.26. The van der Waals surface area contributed by atoms with Crippen molar-refractivity contribution < 1.29 is 23.9 Å². The molecule has 0 bridgehead atoms. The molecule has 0 aliphatic carbocycles. The highest BCUT2D eigenvalue weighted by atomic mass is 19.1. The number of carbonyl (C=O) groups excluding carboxylic acids is 2. The Bertz CT molecular complexity index is 728. The van der Waals surface area contributed by atoms with E-state index in [1.165, 1.54) is 45.2 Å². The maximum absolute atomic E-state index is 13.0. The van der Waals surface area contributed by atoms with Crippen molar-refractivity contribution in [2.45, 2.75) is 38.8 Å². The van der Waals surface area contributed by atoms with E-state index in [1.54, 1.807) is 0 Å². The van der Waals surface area contributed by atoms with Gasteiger partial charge in [0.05, 0.1) is 6.54 Å². The largest absolute Gasteiger partial charge is 0.480 e. The van der Waals surface area contributed by atoms with E-state index in [0.717, 1.165) is 9.91 Å². The van der Waals surface area contributed by atoms with E-state index in [4.69, 9.17) is 0 Å². The highest BCUT2D eigenvalue weighted by Crippen LogP contribution is 2.18. The number of aliphatic carboxylic acids is 1. The summed E-state index contributed by atoms with van der Waals surface area (Å²) in [5.41, 5.74) is -0.604. The lowest BCUT2D eigenvalue weighted by Crippen LogP contribution is -2.53. The number of carbonyl (C=O) groups is 3. The number of likely N-dealkylation sites (N-methyl/N-ethyl adjacent to an activating group) is 1. The van der Waals surface area contributed by atoms with Gasteiger partial charge >= 0.3 is 5.97 Å². The van der Waals surface area contributed by atoms with E-state index in [2.05, 4.69) is 5.10 Å². The zero-order valence-electron chi connectivity index (χ0n) is 14.3. The molecular formula is C17H20FN3O4. The van der Waals surface area contributed by atoms with Crippen molar-refractivity contribution in [3.05, 3.63) is 35.6 Å². The first kappa shape index (κ1) is 18.6. The molecule has 0 fully saturated rings. The Kier molecular flexibility index (Phi) is 5.20. The van der Waals surface area contributed by atoms with Gasteiger partial charge in [-0.3, -0.25) is 9.59 Å². The number of hydrogen-bond donors (Lipinski definition) is 1. The van der Waals surface area contributed by atoms with E-state index in [9.17, 15) is 23.9 Å². The van der Waals surface area contributed by atoms with Gasteiger partial charge in [-0.1, -0.05) is 12.1 Å². The van der Waals surface area contributed by atoms with Crippen molar-refractivity contribution >= 4 is 23.5 Å². The molecule has 134 valence electrons. The number of rotatable bonds is 5. The molecule has 0 aromatic heterocycles. The number of halogens is 1. The highest BCUT2D eigenvalue weighted by Gasteiger charge is 2.38. The molecule has 0 saturated carbocycles. The van der Waals surface area contributed by atoms with Crippen LogP contribution in [0.1, 0.15) is 32.3 Å². The number of carboxylic acid groups (broad SMARTS) is 1. The fraction of sp³-hybridized carbons (Fsp3) is 0.412. The predicted octanol–water partition coefficient (Wildman–Crippen LogP) is 1.63. The molecule has 2 amide bonds. The smallest absolute Gasteiger partial charge is 0.329 e. The summed E-state index contributed by atoms with van der Waals surface area (Å²) in [6.45, 7) is 2.94. The summed E-state index contributed by atoms with van der Waals surface area (Å²) in [6.07, 6.45) is 0.255. The quantitative estimate of drug-likeness (QED) is 0.875. The second-order valence-corrected chi connectivity index (χ2v) is 6.35. The summed E-state index contributed by atoms with van der Waals surface area (Å²) in [6, 6.07) is 5.63. The van der Waals surface area contributed by atoms with Crippen LogP contribution in [-0.2, 0) is 20.9 Å². The summed E-state index contributed by atoms with van der Waals surface area (Å²) in [4.78, 5) is 37.0. The Balaban J connectivity index is 2.20. The van der Waals surface area contributed by atoms with E-state index in [1.807, 2.05) is 0 Å². The van der Waals surface area contributed by atoms with Gasteiger partial charge in [0, 0.05) is 19.9 Å². The number of nitrogens with zero attached hydrogens (tertiary/aromatic N) is 3. The Labute approximate surface area is 144 Å². The number of carboxylic acids is 1. The Morgan fingerprint density at radius 3 is 2.44 bits per heavy atom. The fourth-order valence-corrected chi connectivity index (χ4v) is 2.23. The van der Waals surface area contributed by atoms with Crippen molar-refractivity contribution in [2.75, 3.05) is 7.05 Å². The van der Waals surface area contributed by atoms with E-state index in [0.29, 0.717) is 5.56 Å². The summed E-state index contributed by atoms with van der Waals surface area (Å²) in [5, 5.41) is 14.5. The number of hydrogen-bond acceptors (Lipinski definition) is 4. The Morgan fingerprint density at radius 2 is 1.88 bits per heavy atom. The first-order valence-electron chi connectivity index (χ1n) is 7.76. The van der Waals surface area contributed by atoms with Gasteiger partial charge < -0.3 is 10.0 Å². The van der Waals surface area contributed by atoms with Crippen LogP contribution in [0.25, 0.3) is 0 Å². The van der Waals surface area contributed by atoms with Gasteiger partial charge in [-0.05, 0) is 31.5 Å². The molecule has 0 unspecified atom stereocenters. The van der Waals surface area contributed by atoms with E-state index < -0.39 is 17.4 Å². The van der Waals surface area contributed by atoms with Gasteiger partial charge in [-0.15, -0.1) is 0 Å². The van der Waals surface area contributed by atoms with Crippen LogP contribution < -0.4 is 0 Å². The second kappa shape index (κ2) is 7.00. The molecule has 0 atom stereocenters. The summed E-state index contributed by atoms with van der Waals surface area (Å²) < 4.78 is 13.0. The van der Waals surface area contributed by atoms with Crippen LogP contribution in [0.5, 0.6) is 0 Å². The molecule has 1 N–H and O–H groups in total. The van der Waals surface area contributed by atoms with Crippen LogP contribution in [0.2, 0.25) is 0 Å². The van der Waals surface area contributed by atoms with E-state index in [-0.39, 0.29) is 36.8 Å². The van der Waals surface area contributed by atoms with E-state index >= 15 is 0 Å². The zero-order valence-corrected chi connectivity index (χ0v) is 14.3.